The first-order valence-electron chi connectivity index (χ1n) is 5.82. The van der Waals surface area contributed by atoms with Gasteiger partial charge in [-0.3, -0.25) is 0 Å². The van der Waals surface area contributed by atoms with E-state index in [-0.39, 0.29) is 22.8 Å². The molecule has 1 atom stereocenters. The number of aromatic nitrogens is 2. The van der Waals surface area contributed by atoms with Crippen LogP contribution in [0.2, 0.25) is 0 Å². The summed E-state index contributed by atoms with van der Waals surface area (Å²) < 4.78 is 26.1. The van der Waals surface area contributed by atoms with Crippen molar-refractivity contribution in [3.05, 3.63) is 12.5 Å². The van der Waals surface area contributed by atoms with Crippen LogP contribution >= 0.6 is 12.4 Å². The fourth-order valence-corrected chi connectivity index (χ4v) is 4.22. The monoisotopic (exact) mass is 292 g/mol. The van der Waals surface area contributed by atoms with Gasteiger partial charge in [0.05, 0.1) is 12.5 Å². The van der Waals surface area contributed by atoms with E-state index in [0.29, 0.717) is 13.1 Å². The fraction of sp³-hybridized carbons (Fsp3) is 0.700. The lowest BCUT2D eigenvalue weighted by Gasteiger charge is -2.22. The molecule has 0 radical (unpaired) electrons. The molecule has 8 heteroatoms. The molecule has 2 saturated heterocycles. The molecule has 1 spiro atoms. The predicted molar refractivity (Wildman–Crippen MR) is 69.1 cm³/mol. The smallest absolute Gasteiger partial charge is 0.260 e. The Hall–Kier alpha value is -0.630. The zero-order valence-corrected chi connectivity index (χ0v) is 11.6. The van der Waals surface area contributed by atoms with Crippen LogP contribution in [0.1, 0.15) is 12.8 Å². The molecule has 3 rings (SSSR count). The lowest BCUT2D eigenvalue weighted by molar-refractivity contribution is 0.337. The van der Waals surface area contributed by atoms with Crippen LogP contribution in [-0.2, 0) is 10.0 Å². The molecule has 18 heavy (non-hydrogen) atoms. The first-order chi connectivity index (χ1) is 8.12. The van der Waals surface area contributed by atoms with Crippen LogP contribution in [0, 0.1) is 5.41 Å². The van der Waals surface area contributed by atoms with E-state index in [0.717, 1.165) is 25.9 Å². The lowest BCUT2D eigenvalue weighted by Crippen LogP contribution is -2.33. The summed E-state index contributed by atoms with van der Waals surface area (Å²) >= 11 is 0. The molecular formula is C10H17ClN4O2S. The Labute approximate surface area is 113 Å². The molecule has 0 aromatic carbocycles. The number of nitrogens with one attached hydrogen (secondary N) is 2. The van der Waals surface area contributed by atoms with Gasteiger partial charge >= 0.3 is 0 Å². The van der Waals surface area contributed by atoms with Gasteiger partial charge in [-0.1, -0.05) is 0 Å². The topological polar surface area (TPSA) is 78.1 Å². The van der Waals surface area contributed by atoms with Crippen LogP contribution in [-0.4, -0.2) is 48.9 Å². The largest absolute Gasteiger partial charge is 0.335 e. The summed E-state index contributed by atoms with van der Waals surface area (Å²) in [5.41, 5.74) is 0.160. The summed E-state index contributed by atoms with van der Waals surface area (Å²) in [6, 6.07) is 0. The Morgan fingerprint density at radius 1 is 1.39 bits per heavy atom. The van der Waals surface area contributed by atoms with E-state index in [9.17, 15) is 8.42 Å². The summed E-state index contributed by atoms with van der Waals surface area (Å²) in [5.74, 6) is 0. The second kappa shape index (κ2) is 4.80. The van der Waals surface area contributed by atoms with E-state index in [4.69, 9.17) is 0 Å². The second-order valence-corrected chi connectivity index (χ2v) is 6.84. The number of halogens is 1. The predicted octanol–water partition coefficient (Wildman–Crippen LogP) is 0.206. The molecule has 102 valence electrons. The van der Waals surface area contributed by atoms with Gasteiger partial charge in [0.15, 0.2) is 5.03 Å². The van der Waals surface area contributed by atoms with Gasteiger partial charge in [-0.05, 0) is 24.8 Å². The minimum Gasteiger partial charge on any atom is -0.335 e. The van der Waals surface area contributed by atoms with E-state index >= 15 is 0 Å². The third kappa shape index (κ3) is 2.16. The van der Waals surface area contributed by atoms with Crippen molar-refractivity contribution >= 4 is 22.4 Å². The van der Waals surface area contributed by atoms with Gasteiger partial charge in [0.2, 0.25) is 0 Å². The van der Waals surface area contributed by atoms with Crippen LogP contribution in [0.5, 0.6) is 0 Å². The molecule has 6 nitrogen and oxygen atoms in total. The van der Waals surface area contributed by atoms with Gasteiger partial charge in [0.25, 0.3) is 10.0 Å². The van der Waals surface area contributed by atoms with Gasteiger partial charge in [-0.15, -0.1) is 12.4 Å². The maximum absolute atomic E-state index is 12.3. The normalized spacial score (nSPS) is 28.7. The van der Waals surface area contributed by atoms with Crippen molar-refractivity contribution in [2.45, 2.75) is 17.9 Å². The van der Waals surface area contributed by atoms with Crippen molar-refractivity contribution in [3.63, 3.8) is 0 Å². The molecule has 1 aromatic rings. The zero-order valence-electron chi connectivity index (χ0n) is 9.92. The van der Waals surface area contributed by atoms with Gasteiger partial charge in [0.1, 0.15) is 0 Å². The highest BCUT2D eigenvalue weighted by molar-refractivity contribution is 7.89. The maximum atomic E-state index is 12.3. The fourth-order valence-electron chi connectivity index (χ4n) is 2.77. The molecule has 1 unspecified atom stereocenters. The maximum Gasteiger partial charge on any atom is 0.260 e. The highest BCUT2D eigenvalue weighted by atomic mass is 35.5. The van der Waals surface area contributed by atoms with E-state index in [1.165, 1.54) is 12.5 Å². The lowest BCUT2D eigenvalue weighted by atomic mass is 9.87. The van der Waals surface area contributed by atoms with E-state index < -0.39 is 10.0 Å². The van der Waals surface area contributed by atoms with Crippen LogP contribution in [0.25, 0.3) is 0 Å². The average molecular weight is 293 g/mol. The molecule has 0 amide bonds. The Morgan fingerprint density at radius 3 is 2.83 bits per heavy atom. The molecular weight excluding hydrogens is 276 g/mol. The SMILES string of the molecule is Cl.O=S(=O)(c1cnc[nH]1)N1CCC2(CCNC2)C1. The van der Waals surface area contributed by atoms with Crippen molar-refractivity contribution in [2.24, 2.45) is 5.41 Å². The summed E-state index contributed by atoms with van der Waals surface area (Å²) in [5, 5.41) is 3.52. The summed E-state index contributed by atoms with van der Waals surface area (Å²) in [4.78, 5) is 6.45. The zero-order chi connectivity index (χ0) is 11.9. The van der Waals surface area contributed by atoms with Crippen molar-refractivity contribution in [1.82, 2.24) is 19.6 Å². The second-order valence-electron chi connectivity index (χ2n) is 4.93. The van der Waals surface area contributed by atoms with E-state index in [2.05, 4.69) is 15.3 Å². The summed E-state index contributed by atoms with van der Waals surface area (Å²) in [6.07, 6.45) is 4.79. The Balaban J connectivity index is 0.00000120. The number of rotatable bonds is 2. The number of hydrogen-bond acceptors (Lipinski definition) is 4. The number of H-pyrrole nitrogens is 1. The summed E-state index contributed by atoms with van der Waals surface area (Å²) in [7, 11) is -3.37. The third-order valence-corrected chi connectivity index (χ3v) is 5.60. The van der Waals surface area contributed by atoms with Crippen molar-refractivity contribution < 1.29 is 8.42 Å². The van der Waals surface area contributed by atoms with E-state index in [1.54, 1.807) is 4.31 Å². The number of hydrogen-bond donors (Lipinski definition) is 2. The Bertz CT molecular complexity index is 496. The first-order valence-corrected chi connectivity index (χ1v) is 7.26. The Kier molecular flexibility index (Phi) is 3.68. The van der Waals surface area contributed by atoms with Crippen molar-refractivity contribution in [1.29, 1.82) is 0 Å². The van der Waals surface area contributed by atoms with E-state index in [1.807, 2.05) is 0 Å². The highest BCUT2D eigenvalue weighted by Gasteiger charge is 2.44. The van der Waals surface area contributed by atoms with Crippen LogP contribution < -0.4 is 5.32 Å². The van der Waals surface area contributed by atoms with Crippen LogP contribution in [0.4, 0.5) is 0 Å². The molecule has 0 saturated carbocycles. The number of imidazole rings is 1. The van der Waals surface area contributed by atoms with Crippen LogP contribution in [0.3, 0.4) is 0 Å². The molecule has 2 N–H and O–H groups in total. The van der Waals surface area contributed by atoms with Gasteiger partial charge in [0, 0.05) is 19.6 Å². The number of nitrogens with zero attached hydrogens (tertiary/aromatic N) is 2. The molecule has 0 aliphatic carbocycles. The highest BCUT2D eigenvalue weighted by Crippen LogP contribution is 2.37. The molecule has 1 aromatic heterocycles. The molecule has 2 fully saturated rings. The summed E-state index contributed by atoms with van der Waals surface area (Å²) in [6.45, 7) is 3.17. The minimum atomic E-state index is -3.37. The quantitative estimate of drug-likeness (QED) is 0.817. The van der Waals surface area contributed by atoms with Gasteiger partial charge < -0.3 is 10.3 Å². The molecule has 3 heterocycles. The molecule has 2 aliphatic rings. The number of aromatic amines is 1. The Morgan fingerprint density at radius 2 is 2.22 bits per heavy atom. The van der Waals surface area contributed by atoms with Crippen LogP contribution in [0.15, 0.2) is 17.6 Å². The van der Waals surface area contributed by atoms with Gasteiger partial charge in [-0.2, -0.15) is 4.31 Å². The van der Waals surface area contributed by atoms with Crippen molar-refractivity contribution in [2.75, 3.05) is 26.2 Å². The molecule has 0 bridgehead atoms. The average Bonchev–Trinajstić information content (AvgIpc) is 3.02. The van der Waals surface area contributed by atoms with Crippen molar-refractivity contribution in [3.8, 4) is 0 Å². The minimum absolute atomic E-state index is 0. The number of sulfonamides is 1. The first kappa shape index (κ1) is 13.8. The standard InChI is InChI=1S/C10H16N4O2S.ClH/c15-17(16,9-5-12-8-13-9)14-4-2-10(7-14)1-3-11-6-10;/h5,8,11H,1-4,6-7H2,(H,12,13);1H. The van der Waals surface area contributed by atoms with Gasteiger partial charge in [-0.25, -0.2) is 13.4 Å². The third-order valence-electron chi connectivity index (χ3n) is 3.83. The molecule has 2 aliphatic heterocycles.